The van der Waals surface area contributed by atoms with Gasteiger partial charge in [0.15, 0.2) is 0 Å². The quantitative estimate of drug-likeness (QED) is 0.707. The molecule has 0 radical (unpaired) electrons. The molecule has 1 aromatic carbocycles. The van der Waals surface area contributed by atoms with Crippen LogP contribution < -0.4 is 0 Å². The van der Waals surface area contributed by atoms with Crippen molar-refractivity contribution in [3.8, 4) is 0 Å². The molecule has 0 amide bonds. The molecule has 72 valence electrons. The first-order valence-corrected chi connectivity index (χ1v) is 5.63. The Bertz CT molecular complexity index is 236. The summed E-state index contributed by atoms with van der Waals surface area (Å²) in [4.78, 5) is 9.79. The van der Waals surface area contributed by atoms with Gasteiger partial charge in [-0.2, -0.15) is 11.8 Å². The highest BCUT2D eigenvalue weighted by molar-refractivity contribution is 7.99. The van der Waals surface area contributed by atoms with Gasteiger partial charge in [0.2, 0.25) is 5.24 Å². The molecule has 0 bridgehead atoms. The molecule has 1 aromatic rings. The topological polar surface area (TPSA) is 17.1 Å². The van der Waals surface area contributed by atoms with Gasteiger partial charge in [0.1, 0.15) is 0 Å². The summed E-state index contributed by atoms with van der Waals surface area (Å²) in [6.45, 7) is 2.08. The summed E-state index contributed by atoms with van der Waals surface area (Å²) >= 11 is 6.35. The molecule has 0 saturated carbocycles. The Balaban J connectivity index is 0.000000226. The molecule has 0 N–H and O–H groups in total. The fraction of sp³-hybridized carbons (Fsp3) is 0.300. The molecule has 0 unspecified atom stereocenters. The maximum absolute atomic E-state index is 9.79. The Morgan fingerprint density at radius 3 is 2.08 bits per heavy atom. The number of halogens is 1. The predicted octanol–water partition coefficient (Wildman–Crippen LogP) is 3.11. The van der Waals surface area contributed by atoms with Gasteiger partial charge >= 0.3 is 0 Å². The summed E-state index contributed by atoms with van der Waals surface area (Å²) in [5, 5.41) is -0.275. The van der Waals surface area contributed by atoms with Crippen LogP contribution in [0.2, 0.25) is 0 Å². The number of hydrogen-bond donors (Lipinski definition) is 0. The summed E-state index contributed by atoms with van der Waals surface area (Å²) in [6.07, 6.45) is 1.83. The third kappa shape index (κ3) is 9.44. The second-order valence-electron chi connectivity index (χ2n) is 2.44. The largest absolute Gasteiger partial charge is 0.280 e. The number of rotatable bonds is 2. The van der Waals surface area contributed by atoms with E-state index >= 15 is 0 Å². The third-order valence-electron chi connectivity index (χ3n) is 1.20. The minimum Gasteiger partial charge on any atom is -0.280 e. The molecule has 0 heterocycles. The van der Waals surface area contributed by atoms with Crippen LogP contribution in [0.15, 0.2) is 30.3 Å². The number of carbonyl (C=O) groups is 1. The molecule has 0 saturated heterocycles. The zero-order valence-electron chi connectivity index (χ0n) is 7.79. The first-order valence-electron chi connectivity index (χ1n) is 3.85. The molecule has 0 fully saturated rings. The zero-order valence-corrected chi connectivity index (χ0v) is 9.36. The fourth-order valence-electron chi connectivity index (χ4n) is 0.648. The van der Waals surface area contributed by atoms with E-state index in [4.69, 9.17) is 11.6 Å². The Labute approximate surface area is 88.5 Å². The number of benzene rings is 1. The highest BCUT2D eigenvalue weighted by Crippen LogP contribution is 1.93. The SMILES string of the molecule is CSCC(=O)Cl.Cc1ccccc1. The first kappa shape index (κ1) is 12.5. The van der Waals surface area contributed by atoms with Gasteiger partial charge in [-0.1, -0.05) is 35.9 Å². The van der Waals surface area contributed by atoms with Crippen LogP contribution in [0.25, 0.3) is 0 Å². The summed E-state index contributed by atoms with van der Waals surface area (Å²) in [6, 6.07) is 10.3. The van der Waals surface area contributed by atoms with E-state index in [1.165, 1.54) is 17.3 Å². The van der Waals surface area contributed by atoms with Crippen LogP contribution >= 0.6 is 23.4 Å². The minimum absolute atomic E-state index is 0.275. The second-order valence-corrected chi connectivity index (χ2v) is 3.73. The van der Waals surface area contributed by atoms with E-state index in [0.717, 1.165) is 0 Å². The van der Waals surface area contributed by atoms with Crippen molar-refractivity contribution in [3.05, 3.63) is 35.9 Å². The van der Waals surface area contributed by atoms with E-state index in [-0.39, 0.29) is 5.24 Å². The van der Waals surface area contributed by atoms with Crippen LogP contribution in [0.5, 0.6) is 0 Å². The number of carbonyl (C=O) groups excluding carboxylic acids is 1. The molecule has 1 rings (SSSR count). The van der Waals surface area contributed by atoms with Gasteiger partial charge in [-0.05, 0) is 24.8 Å². The Morgan fingerprint density at radius 2 is 1.92 bits per heavy atom. The zero-order chi connectivity index (χ0) is 10.1. The molecular formula is C10H13ClOS. The van der Waals surface area contributed by atoms with Crippen molar-refractivity contribution in [2.24, 2.45) is 0 Å². The van der Waals surface area contributed by atoms with Crippen LogP contribution in [-0.4, -0.2) is 17.3 Å². The van der Waals surface area contributed by atoms with Crippen molar-refractivity contribution >= 4 is 28.6 Å². The van der Waals surface area contributed by atoms with Crippen molar-refractivity contribution in [1.82, 2.24) is 0 Å². The van der Waals surface area contributed by atoms with Gasteiger partial charge in [-0.15, -0.1) is 0 Å². The van der Waals surface area contributed by atoms with Crippen LogP contribution in [0.1, 0.15) is 5.56 Å². The lowest BCUT2D eigenvalue weighted by molar-refractivity contribution is -0.109. The van der Waals surface area contributed by atoms with Crippen LogP contribution in [0, 0.1) is 6.92 Å². The highest BCUT2D eigenvalue weighted by Gasteiger charge is 1.87. The van der Waals surface area contributed by atoms with Crippen LogP contribution in [0.4, 0.5) is 0 Å². The minimum atomic E-state index is -0.275. The lowest BCUT2D eigenvalue weighted by Crippen LogP contribution is -1.85. The lowest BCUT2D eigenvalue weighted by Gasteiger charge is -1.82. The van der Waals surface area contributed by atoms with E-state index in [1.807, 2.05) is 24.5 Å². The molecule has 0 aliphatic heterocycles. The smallest absolute Gasteiger partial charge is 0.231 e. The van der Waals surface area contributed by atoms with Crippen molar-refractivity contribution in [2.75, 3.05) is 12.0 Å². The molecule has 1 nitrogen and oxygen atoms in total. The standard InChI is InChI=1S/C7H8.C3H5ClOS/c1-7-5-3-2-4-6-7;1-6-2-3(4)5/h2-6H,1H3;2H2,1H3. The predicted molar refractivity (Wildman–Crippen MR) is 60.4 cm³/mol. The Kier molecular flexibility index (Phi) is 7.85. The van der Waals surface area contributed by atoms with Crippen molar-refractivity contribution in [3.63, 3.8) is 0 Å². The van der Waals surface area contributed by atoms with E-state index < -0.39 is 0 Å². The average molecular weight is 217 g/mol. The highest BCUT2D eigenvalue weighted by atomic mass is 35.5. The summed E-state index contributed by atoms with van der Waals surface area (Å²) < 4.78 is 0. The van der Waals surface area contributed by atoms with E-state index in [2.05, 4.69) is 19.1 Å². The van der Waals surface area contributed by atoms with Crippen molar-refractivity contribution < 1.29 is 4.79 Å². The third-order valence-corrected chi connectivity index (χ3v) is 2.04. The summed E-state index contributed by atoms with van der Waals surface area (Å²) in [7, 11) is 0. The van der Waals surface area contributed by atoms with Gasteiger partial charge in [0.25, 0.3) is 0 Å². The first-order chi connectivity index (χ1) is 6.16. The number of aryl methyl sites for hydroxylation is 1. The average Bonchev–Trinajstić information content (AvgIpc) is 2.06. The molecule has 13 heavy (non-hydrogen) atoms. The maximum atomic E-state index is 9.79. The maximum Gasteiger partial charge on any atom is 0.231 e. The Hall–Kier alpha value is -0.470. The van der Waals surface area contributed by atoms with E-state index in [9.17, 15) is 4.79 Å². The second kappa shape index (κ2) is 8.14. The van der Waals surface area contributed by atoms with Gasteiger partial charge in [-0.25, -0.2) is 0 Å². The number of hydrogen-bond acceptors (Lipinski definition) is 2. The Morgan fingerprint density at radius 1 is 1.38 bits per heavy atom. The van der Waals surface area contributed by atoms with Gasteiger partial charge in [-0.3, -0.25) is 4.79 Å². The van der Waals surface area contributed by atoms with Crippen LogP contribution in [0.3, 0.4) is 0 Å². The molecule has 0 atom stereocenters. The molecule has 0 aliphatic rings. The van der Waals surface area contributed by atoms with Gasteiger partial charge in [0.05, 0.1) is 5.75 Å². The molecule has 0 aromatic heterocycles. The molecule has 3 heteroatoms. The van der Waals surface area contributed by atoms with Crippen LogP contribution in [-0.2, 0) is 4.79 Å². The lowest BCUT2D eigenvalue weighted by atomic mass is 10.2. The van der Waals surface area contributed by atoms with E-state index in [0.29, 0.717) is 5.75 Å². The molecule has 0 spiro atoms. The van der Waals surface area contributed by atoms with Crippen molar-refractivity contribution in [1.29, 1.82) is 0 Å². The van der Waals surface area contributed by atoms with Gasteiger partial charge < -0.3 is 0 Å². The fourth-order valence-corrected chi connectivity index (χ4v) is 1.20. The van der Waals surface area contributed by atoms with E-state index in [1.54, 1.807) is 0 Å². The molecule has 0 aliphatic carbocycles. The normalized spacial score (nSPS) is 8.54. The summed E-state index contributed by atoms with van der Waals surface area (Å²) in [5.41, 5.74) is 1.32. The monoisotopic (exact) mass is 216 g/mol. The van der Waals surface area contributed by atoms with Crippen molar-refractivity contribution in [2.45, 2.75) is 6.92 Å². The number of thioether (sulfide) groups is 1. The van der Waals surface area contributed by atoms with Gasteiger partial charge in [0, 0.05) is 0 Å². The molecular weight excluding hydrogens is 204 g/mol. The summed E-state index contributed by atoms with van der Waals surface area (Å²) in [5.74, 6) is 0.418.